The first kappa shape index (κ1) is 22.4. The van der Waals surface area contributed by atoms with Gasteiger partial charge in [-0.15, -0.1) is 5.10 Å². The zero-order chi connectivity index (χ0) is 22.4. The fraction of sp³-hybridized carbons (Fsp3) is 0.273. The lowest BCUT2D eigenvalue weighted by molar-refractivity contribution is -0.138. The summed E-state index contributed by atoms with van der Waals surface area (Å²) >= 11 is 1.05. The maximum atomic E-state index is 11.7. The Labute approximate surface area is 184 Å². The molecule has 1 fully saturated rings. The largest absolute Gasteiger partial charge is 0.493 e. The zero-order valence-electron chi connectivity index (χ0n) is 17.4. The Kier molecular flexibility index (Phi) is 7.30. The summed E-state index contributed by atoms with van der Waals surface area (Å²) < 4.78 is 11.4. The number of hydrogen-bond acceptors (Lipinski definition) is 7. The SMILES string of the molecule is COc1cc(C=NN=C2NC(=O)C(CC(=O)O)S2)ccc1OCc1cccc(C)c1C. The van der Waals surface area contributed by atoms with Crippen LogP contribution in [0.1, 0.15) is 28.7 Å². The molecule has 1 amide bonds. The zero-order valence-corrected chi connectivity index (χ0v) is 18.2. The number of nitrogens with zero attached hydrogens (tertiary/aromatic N) is 2. The van der Waals surface area contributed by atoms with Gasteiger partial charge < -0.3 is 19.9 Å². The van der Waals surface area contributed by atoms with Gasteiger partial charge in [-0.2, -0.15) is 5.10 Å². The van der Waals surface area contributed by atoms with Crippen LogP contribution in [0.25, 0.3) is 0 Å². The van der Waals surface area contributed by atoms with Gasteiger partial charge in [0.1, 0.15) is 11.9 Å². The molecule has 0 spiro atoms. The van der Waals surface area contributed by atoms with Crippen molar-refractivity contribution in [3.05, 3.63) is 58.7 Å². The molecule has 0 bridgehead atoms. The molecule has 1 heterocycles. The molecule has 9 heteroatoms. The van der Waals surface area contributed by atoms with Crippen molar-refractivity contribution in [2.75, 3.05) is 7.11 Å². The smallest absolute Gasteiger partial charge is 0.305 e. The van der Waals surface area contributed by atoms with Crippen molar-refractivity contribution >= 4 is 35.0 Å². The van der Waals surface area contributed by atoms with Crippen molar-refractivity contribution in [1.29, 1.82) is 0 Å². The summed E-state index contributed by atoms with van der Waals surface area (Å²) in [5.41, 5.74) is 4.26. The van der Waals surface area contributed by atoms with Gasteiger partial charge in [-0.3, -0.25) is 9.59 Å². The number of aryl methyl sites for hydroxylation is 1. The molecular formula is C22H23N3O5S. The van der Waals surface area contributed by atoms with Gasteiger partial charge in [-0.05, 0) is 54.3 Å². The second-order valence-corrected chi connectivity index (χ2v) is 8.09. The fourth-order valence-electron chi connectivity index (χ4n) is 2.90. The molecule has 31 heavy (non-hydrogen) atoms. The molecule has 0 aliphatic carbocycles. The third-order valence-corrected chi connectivity index (χ3v) is 5.85. The van der Waals surface area contributed by atoms with Crippen molar-refractivity contribution in [2.45, 2.75) is 32.1 Å². The van der Waals surface area contributed by atoms with Crippen LogP contribution < -0.4 is 14.8 Å². The Hall–Kier alpha value is -3.33. The Morgan fingerprint density at radius 1 is 1.26 bits per heavy atom. The number of hydrogen-bond donors (Lipinski definition) is 2. The molecule has 2 aromatic rings. The Morgan fingerprint density at radius 2 is 2.06 bits per heavy atom. The minimum atomic E-state index is -1.04. The van der Waals surface area contributed by atoms with Crippen LogP contribution in [0, 0.1) is 13.8 Å². The maximum absolute atomic E-state index is 11.7. The molecule has 8 nitrogen and oxygen atoms in total. The highest BCUT2D eigenvalue weighted by atomic mass is 32.2. The minimum absolute atomic E-state index is 0.264. The molecule has 1 aliphatic heterocycles. The van der Waals surface area contributed by atoms with E-state index in [0.717, 1.165) is 22.9 Å². The number of rotatable bonds is 8. The van der Waals surface area contributed by atoms with E-state index >= 15 is 0 Å². The Balaban J connectivity index is 1.65. The summed E-state index contributed by atoms with van der Waals surface area (Å²) in [6.07, 6.45) is 1.25. The van der Waals surface area contributed by atoms with Crippen molar-refractivity contribution < 1.29 is 24.2 Å². The molecule has 1 unspecified atom stereocenters. The van der Waals surface area contributed by atoms with E-state index in [1.807, 2.05) is 18.2 Å². The van der Waals surface area contributed by atoms with Crippen molar-refractivity contribution in [1.82, 2.24) is 5.32 Å². The van der Waals surface area contributed by atoms with E-state index in [-0.39, 0.29) is 17.5 Å². The highest BCUT2D eigenvalue weighted by Crippen LogP contribution is 2.29. The second kappa shape index (κ2) is 10.1. The lowest BCUT2D eigenvalue weighted by atomic mass is 10.0. The van der Waals surface area contributed by atoms with E-state index in [2.05, 4.69) is 35.4 Å². The molecule has 0 aromatic heterocycles. The van der Waals surface area contributed by atoms with Crippen molar-refractivity contribution in [2.24, 2.45) is 10.2 Å². The summed E-state index contributed by atoms with van der Waals surface area (Å²) in [5, 5.41) is 18.8. The molecule has 0 radical (unpaired) electrons. The van der Waals surface area contributed by atoms with Crippen LogP contribution in [0.5, 0.6) is 11.5 Å². The number of carboxylic acid groups (broad SMARTS) is 1. The van der Waals surface area contributed by atoms with Gasteiger partial charge in [0, 0.05) is 0 Å². The Bertz CT molecular complexity index is 1050. The summed E-state index contributed by atoms with van der Waals surface area (Å²) in [4.78, 5) is 22.5. The fourth-order valence-corrected chi connectivity index (χ4v) is 3.82. The monoisotopic (exact) mass is 441 g/mol. The topological polar surface area (TPSA) is 110 Å². The number of methoxy groups -OCH3 is 1. The standard InChI is InChI=1S/C22H23N3O5S/c1-13-5-4-6-16(14(13)2)12-30-17-8-7-15(9-18(17)29-3)11-23-25-22-24-21(28)19(31-22)10-20(26)27/h4-9,11,19H,10,12H2,1-3H3,(H,26,27)(H,24,25,28). The number of aliphatic carboxylic acids is 1. The number of carboxylic acids is 1. The van der Waals surface area contributed by atoms with E-state index in [9.17, 15) is 9.59 Å². The van der Waals surface area contributed by atoms with Crippen LogP contribution in [0.3, 0.4) is 0 Å². The van der Waals surface area contributed by atoms with Gasteiger partial charge >= 0.3 is 5.97 Å². The van der Waals surface area contributed by atoms with Gasteiger partial charge in [0.25, 0.3) is 0 Å². The molecule has 3 rings (SSSR count). The van der Waals surface area contributed by atoms with Crippen molar-refractivity contribution in [3.63, 3.8) is 0 Å². The van der Waals surface area contributed by atoms with Gasteiger partial charge in [0.05, 0.1) is 19.7 Å². The minimum Gasteiger partial charge on any atom is -0.493 e. The number of thioether (sulfide) groups is 1. The van der Waals surface area contributed by atoms with Gasteiger partial charge in [-0.1, -0.05) is 30.0 Å². The predicted octanol–water partition coefficient (Wildman–Crippen LogP) is 3.29. The molecule has 0 saturated carbocycles. The average molecular weight is 442 g/mol. The number of ether oxygens (including phenoxy) is 2. The molecule has 2 N–H and O–H groups in total. The average Bonchev–Trinajstić information content (AvgIpc) is 3.08. The number of carbonyl (C=O) groups is 2. The first-order valence-corrected chi connectivity index (χ1v) is 10.4. The van der Waals surface area contributed by atoms with Crippen LogP contribution in [-0.4, -0.2) is 40.7 Å². The number of amides is 1. The number of nitrogens with one attached hydrogen (secondary N) is 1. The summed E-state index contributed by atoms with van der Waals surface area (Å²) in [7, 11) is 1.56. The summed E-state index contributed by atoms with van der Waals surface area (Å²) in [6.45, 7) is 4.57. The van der Waals surface area contributed by atoms with E-state index in [1.54, 1.807) is 19.2 Å². The van der Waals surface area contributed by atoms with Crippen LogP contribution in [0.4, 0.5) is 0 Å². The van der Waals surface area contributed by atoms with Crippen LogP contribution in [0.2, 0.25) is 0 Å². The number of carbonyl (C=O) groups excluding carboxylic acids is 1. The van der Waals surface area contributed by atoms with Gasteiger partial charge in [0.15, 0.2) is 16.7 Å². The summed E-state index contributed by atoms with van der Waals surface area (Å²) in [6, 6.07) is 11.5. The highest BCUT2D eigenvalue weighted by molar-refractivity contribution is 8.15. The molecular weight excluding hydrogens is 418 g/mol. The van der Waals surface area contributed by atoms with E-state index in [1.165, 1.54) is 17.3 Å². The van der Waals surface area contributed by atoms with E-state index in [4.69, 9.17) is 14.6 Å². The lowest BCUT2D eigenvalue weighted by Gasteiger charge is -2.13. The molecule has 1 atom stereocenters. The lowest BCUT2D eigenvalue weighted by Crippen LogP contribution is -2.26. The first-order valence-electron chi connectivity index (χ1n) is 9.53. The molecule has 2 aromatic carbocycles. The normalized spacial score (nSPS) is 17.2. The second-order valence-electron chi connectivity index (χ2n) is 6.90. The van der Waals surface area contributed by atoms with E-state index < -0.39 is 11.2 Å². The van der Waals surface area contributed by atoms with Crippen LogP contribution >= 0.6 is 11.8 Å². The third-order valence-electron chi connectivity index (χ3n) is 4.78. The maximum Gasteiger partial charge on any atom is 0.305 e. The quantitative estimate of drug-likeness (QED) is 0.481. The first-order chi connectivity index (χ1) is 14.9. The Morgan fingerprint density at radius 3 is 2.81 bits per heavy atom. The van der Waals surface area contributed by atoms with E-state index in [0.29, 0.717) is 18.1 Å². The third kappa shape index (κ3) is 5.85. The molecule has 162 valence electrons. The molecule has 1 saturated heterocycles. The van der Waals surface area contributed by atoms with Crippen LogP contribution in [0.15, 0.2) is 46.6 Å². The van der Waals surface area contributed by atoms with Crippen LogP contribution in [-0.2, 0) is 16.2 Å². The highest BCUT2D eigenvalue weighted by Gasteiger charge is 2.32. The van der Waals surface area contributed by atoms with Crippen molar-refractivity contribution in [3.8, 4) is 11.5 Å². The number of benzene rings is 2. The predicted molar refractivity (Wildman–Crippen MR) is 120 cm³/mol. The summed E-state index contributed by atoms with van der Waals surface area (Å²) in [5.74, 6) is -0.244. The molecule has 1 aliphatic rings. The van der Waals surface area contributed by atoms with Gasteiger partial charge in [0.2, 0.25) is 5.91 Å². The number of amidine groups is 1. The van der Waals surface area contributed by atoms with Gasteiger partial charge in [-0.25, -0.2) is 0 Å².